The third-order valence-corrected chi connectivity index (χ3v) is 4.20. The monoisotopic (exact) mass is 304 g/mol. The molecule has 0 radical (unpaired) electrons. The lowest BCUT2D eigenvalue weighted by molar-refractivity contribution is -0.125. The molecule has 0 aromatic carbocycles. The molecule has 3 nitrogen and oxygen atoms in total. The standard InChI is InChI=1S/C13H25BrN2O/c1-3-5-7-9-11-13(17)16(14)12(15-11)10-8-6-4-2/h11-12,15H,3-10H2,1-2H3. The molecule has 1 aliphatic heterocycles. The molecule has 1 amide bonds. The lowest BCUT2D eigenvalue weighted by Crippen LogP contribution is -2.32. The number of unbranched alkanes of at least 4 members (excludes halogenated alkanes) is 4. The van der Waals surface area contributed by atoms with E-state index in [1.165, 1.54) is 32.1 Å². The van der Waals surface area contributed by atoms with Crippen molar-refractivity contribution < 1.29 is 4.79 Å². The number of carbonyl (C=O) groups excluding carboxylic acids is 1. The number of hydrogen-bond donors (Lipinski definition) is 1. The van der Waals surface area contributed by atoms with Crippen LogP contribution in [-0.2, 0) is 4.79 Å². The van der Waals surface area contributed by atoms with Gasteiger partial charge in [-0.05, 0) is 12.8 Å². The van der Waals surface area contributed by atoms with Gasteiger partial charge in [-0.2, -0.15) is 0 Å². The van der Waals surface area contributed by atoms with Gasteiger partial charge in [-0.1, -0.05) is 52.4 Å². The summed E-state index contributed by atoms with van der Waals surface area (Å²) in [5, 5.41) is 3.44. The van der Waals surface area contributed by atoms with E-state index in [0.717, 1.165) is 19.3 Å². The fraction of sp³-hybridized carbons (Fsp3) is 0.923. The number of rotatable bonds is 8. The van der Waals surface area contributed by atoms with Crippen LogP contribution in [0.15, 0.2) is 0 Å². The van der Waals surface area contributed by atoms with Gasteiger partial charge in [-0.3, -0.25) is 14.0 Å². The summed E-state index contributed by atoms with van der Waals surface area (Å²) in [6.45, 7) is 4.39. The Labute approximate surface area is 114 Å². The van der Waals surface area contributed by atoms with Gasteiger partial charge in [0, 0.05) is 0 Å². The van der Waals surface area contributed by atoms with Crippen molar-refractivity contribution in [2.24, 2.45) is 0 Å². The van der Waals surface area contributed by atoms with E-state index in [-0.39, 0.29) is 18.1 Å². The zero-order valence-corrected chi connectivity index (χ0v) is 12.6. The highest BCUT2D eigenvalue weighted by Crippen LogP contribution is 2.22. The maximum absolute atomic E-state index is 12.0. The van der Waals surface area contributed by atoms with Crippen LogP contribution in [0.4, 0.5) is 0 Å². The van der Waals surface area contributed by atoms with Crippen molar-refractivity contribution in [2.75, 3.05) is 0 Å². The van der Waals surface area contributed by atoms with E-state index in [0.29, 0.717) is 0 Å². The van der Waals surface area contributed by atoms with Crippen LogP contribution in [0.5, 0.6) is 0 Å². The molecule has 0 saturated carbocycles. The van der Waals surface area contributed by atoms with Crippen molar-refractivity contribution in [3.63, 3.8) is 0 Å². The maximum Gasteiger partial charge on any atom is 0.251 e. The fourth-order valence-electron chi connectivity index (χ4n) is 2.26. The summed E-state index contributed by atoms with van der Waals surface area (Å²) in [4.78, 5) is 12.0. The number of halogens is 1. The molecule has 0 spiro atoms. The van der Waals surface area contributed by atoms with Crippen molar-refractivity contribution in [3.8, 4) is 0 Å². The number of amides is 1. The first-order valence-electron chi connectivity index (χ1n) is 6.95. The molecule has 0 aromatic rings. The van der Waals surface area contributed by atoms with Gasteiger partial charge >= 0.3 is 0 Å². The minimum absolute atomic E-state index is 0.0348. The Hall–Kier alpha value is -0.0900. The van der Waals surface area contributed by atoms with Gasteiger partial charge in [0.2, 0.25) is 0 Å². The summed E-state index contributed by atoms with van der Waals surface area (Å²) in [5.41, 5.74) is 0. The Kier molecular flexibility index (Phi) is 7.12. The summed E-state index contributed by atoms with van der Waals surface area (Å²) in [7, 11) is 0. The van der Waals surface area contributed by atoms with Crippen LogP contribution in [-0.4, -0.2) is 22.0 Å². The molecule has 100 valence electrons. The van der Waals surface area contributed by atoms with Crippen LogP contribution in [0.1, 0.15) is 65.2 Å². The fourth-order valence-corrected chi connectivity index (χ4v) is 2.83. The highest BCUT2D eigenvalue weighted by molar-refractivity contribution is 9.07. The molecule has 0 aliphatic carbocycles. The highest BCUT2D eigenvalue weighted by Gasteiger charge is 2.36. The lowest BCUT2D eigenvalue weighted by Gasteiger charge is -2.16. The van der Waals surface area contributed by atoms with E-state index in [1.54, 1.807) is 3.93 Å². The average Bonchev–Trinajstić information content (AvgIpc) is 2.59. The lowest BCUT2D eigenvalue weighted by atomic mass is 10.1. The molecule has 1 saturated heterocycles. The van der Waals surface area contributed by atoms with E-state index >= 15 is 0 Å². The van der Waals surface area contributed by atoms with Gasteiger partial charge < -0.3 is 0 Å². The second-order valence-corrected chi connectivity index (χ2v) is 5.64. The zero-order chi connectivity index (χ0) is 12.7. The number of nitrogens with one attached hydrogen (secondary N) is 1. The first kappa shape index (κ1) is 15.0. The van der Waals surface area contributed by atoms with Gasteiger partial charge in [0.05, 0.1) is 28.4 Å². The Morgan fingerprint density at radius 3 is 2.29 bits per heavy atom. The SMILES string of the molecule is CCCCCC1NC(CCCCC)N(Br)C1=O. The first-order valence-corrected chi connectivity index (χ1v) is 7.66. The molecule has 4 heteroatoms. The largest absolute Gasteiger partial charge is 0.285 e. The average molecular weight is 305 g/mol. The number of carbonyl (C=O) groups is 1. The second-order valence-electron chi connectivity index (χ2n) is 4.88. The van der Waals surface area contributed by atoms with E-state index in [2.05, 4.69) is 35.3 Å². The molecule has 0 aromatic heterocycles. The Morgan fingerprint density at radius 2 is 1.71 bits per heavy atom. The normalized spacial score (nSPS) is 24.6. The van der Waals surface area contributed by atoms with E-state index in [1.807, 2.05) is 0 Å². The van der Waals surface area contributed by atoms with Gasteiger partial charge in [-0.15, -0.1) is 0 Å². The summed E-state index contributed by atoms with van der Waals surface area (Å²) in [6.07, 6.45) is 9.44. The van der Waals surface area contributed by atoms with Crippen LogP contribution in [0, 0.1) is 0 Å². The molecule has 1 rings (SSSR count). The Bertz CT molecular complexity index is 235. The maximum atomic E-state index is 12.0. The van der Waals surface area contributed by atoms with Crippen LogP contribution in [0.2, 0.25) is 0 Å². The number of nitrogens with zero attached hydrogens (tertiary/aromatic N) is 1. The molecule has 1 fully saturated rings. The third kappa shape index (κ3) is 4.59. The van der Waals surface area contributed by atoms with Crippen LogP contribution in [0.3, 0.4) is 0 Å². The smallest absolute Gasteiger partial charge is 0.251 e. The summed E-state index contributed by atoms with van der Waals surface area (Å²) < 4.78 is 1.72. The predicted octanol–water partition coefficient (Wildman–Crippen LogP) is 3.58. The molecule has 0 bridgehead atoms. The Balaban J connectivity index is 2.31. The molecule has 17 heavy (non-hydrogen) atoms. The van der Waals surface area contributed by atoms with E-state index in [9.17, 15) is 4.79 Å². The van der Waals surface area contributed by atoms with Crippen molar-refractivity contribution in [3.05, 3.63) is 0 Å². The van der Waals surface area contributed by atoms with Gasteiger partial charge in [0.25, 0.3) is 5.91 Å². The first-order chi connectivity index (χ1) is 8.20. The van der Waals surface area contributed by atoms with E-state index < -0.39 is 0 Å². The minimum Gasteiger partial charge on any atom is -0.285 e. The molecule has 2 unspecified atom stereocenters. The summed E-state index contributed by atoms with van der Waals surface area (Å²) in [6, 6.07) is 0.0348. The summed E-state index contributed by atoms with van der Waals surface area (Å²) >= 11 is 3.39. The molecular formula is C13H25BrN2O. The van der Waals surface area contributed by atoms with Crippen molar-refractivity contribution >= 4 is 22.1 Å². The van der Waals surface area contributed by atoms with E-state index in [4.69, 9.17) is 0 Å². The van der Waals surface area contributed by atoms with Crippen molar-refractivity contribution in [1.82, 2.24) is 9.24 Å². The Morgan fingerprint density at radius 1 is 1.12 bits per heavy atom. The molecular weight excluding hydrogens is 280 g/mol. The van der Waals surface area contributed by atoms with Crippen molar-refractivity contribution in [1.29, 1.82) is 0 Å². The summed E-state index contributed by atoms with van der Waals surface area (Å²) in [5.74, 6) is 0.211. The van der Waals surface area contributed by atoms with Crippen LogP contribution >= 0.6 is 16.1 Å². The van der Waals surface area contributed by atoms with Crippen LogP contribution in [0.25, 0.3) is 0 Å². The zero-order valence-electron chi connectivity index (χ0n) is 11.0. The predicted molar refractivity (Wildman–Crippen MR) is 74.8 cm³/mol. The molecule has 1 aliphatic rings. The molecule has 2 atom stereocenters. The number of hydrogen-bond acceptors (Lipinski definition) is 2. The minimum atomic E-state index is 0.0348. The quantitative estimate of drug-likeness (QED) is 0.549. The van der Waals surface area contributed by atoms with Gasteiger partial charge in [0.1, 0.15) is 0 Å². The topological polar surface area (TPSA) is 32.3 Å². The van der Waals surface area contributed by atoms with Gasteiger partial charge in [-0.25, -0.2) is 0 Å². The highest BCUT2D eigenvalue weighted by atomic mass is 79.9. The molecule has 1 N–H and O–H groups in total. The third-order valence-electron chi connectivity index (χ3n) is 3.35. The molecule has 1 heterocycles. The van der Waals surface area contributed by atoms with Crippen molar-refractivity contribution in [2.45, 2.75) is 77.4 Å². The second kappa shape index (κ2) is 8.09. The van der Waals surface area contributed by atoms with Gasteiger partial charge in [0.15, 0.2) is 0 Å². The van der Waals surface area contributed by atoms with Crippen LogP contribution < -0.4 is 5.32 Å².